The monoisotopic (exact) mass is 265 g/mol. The molecular formula is C9H12ClNO2S2. The second kappa shape index (κ2) is 4.05. The van der Waals surface area contributed by atoms with E-state index in [9.17, 15) is 8.42 Å². The van der Waals surface area contributed by atoms with Crippen LogP contribution in [0.5, 0.6) is 0 Å². The molecule has 84 valence electrons. The molecule has 0 amide bonds. The smallest absolute Gasteiger partial charge is 0.211 e. The summed E-state index contributed by atoms with van der Waals surface area (Å²) < 4.78 is 24.9. The largest absolute Gasteiger partial charge is 0.228 e. The Hall–Kier alpha value is -0.100. The van der Waals surface area contributed by atoms with E-state index >= 15 is 0 Å². The van der Waals surface area contributed by atoms with Gasteiger partial charge in [-0.15, -0.1) is 22.9 Å². The molecule has 15 heavy (non-hydrogen) atoms. The predicted molar refractivity (Wildman–Crippen MR) is 62.8 cm³/mol. The summed E-state index contributed by atoms with van der Waals surface area (Å²) in [5.41, 5.74) is 1.12. The standard InChI is InChI=1S/C9H12ClNO2S2/c1-7-8-3-5-14-9(8)2-4-11(7)15(12,13)6-10/h3,5,7H,2,4,6H2,1H3. The number of halogens is 1. The average Bonchev–Trinajstić information content (AvgIpc) is 2.66. The van der Waals surface area contributed by atoms with Crippen molar-refractivity contribution in [2.24, 2.45) is 0 Å². The molecule has 0 saturated carbocycles. The molecule has 0 aliphatic carbocycles. The molecule has 0 radical (unpaired) electrons. The van der Waals surface area contributed by atoms with E-state index in [1.54, 1.807) is 11.3 Å². The molecule has 1 aromatic rings. The van der Waals surface area contributed by atoms with Crippen molar-refractivity contribution >= 4 is 33.0 Å². The maximum atomic E-state index is 11.7. The molecule has 0 fully saturated rings. The van der Waals surface area contributed by atoms with Gasteiger partial charge in [-0.25, -0.2) is 8.42 Å². The fourth-order valence-electron chi connectivity index (χ4n) is 1.93. The third-order valence-electron chi connectivity index (χ3n) is 2.72. The first-order valence-electron chi connectivity index (χ1n) is 4.68. The minimum atomic E-state index is -3.29. The summed E-state index contributed by atoms with van der Waals surface area (Å²) in [6.07, 6.45) is 0.799. The summed E-state index contributed by atoms with van der Waals surface area (Å²) in [6, 6.07) is 1.92. The normalized spacial score (nSPS) is 22.7. The first-order chi connectivity index (χ1) is 7.06. The summed E-state index contributed by atoms with van der Waals surface area (Å²) >= 11 is 7.16. The van der Waals surface area contributed by atoms with Gasteiger partial charge in [0.2, 0.25) is 10.0 Å². The number of alkyl halides is 1. The highest BCUT2D eigenvalue weighted by atomic mass is 35.5. The van der Waals surface area contributed by atoms with Crippen LogP contribution in [-0.2, 0) is 16.4 Å². The van der Waals surface area contributed by atoms with E-state index < -0.39 is 10.0 Å². The van der Waals surface area contributed by atoms with Gasteiger partial charge in [0.25, 0.3) is 0 Å². The lowest BCUT2D eigenvalue weighted by atomic mass is 10.0. The second-order valence-electron chi connectivity index (χ2n) is 3.56. The van der Waals surface area contributed by atoms with Crippen molar-refractivity contribution in [3.8, 4) is 0 Å². The van der Waals surface area contributed by atoms with Crippen molar-refractivity contribution in [2.75, 3.05) is 11.8 Å². The number of fused-ring (bicyclic) bond motifs is 1. The molecule has 0 bridgehead atoms. The molecule has 1 aliphatic rings. The van der Waals surface area contributed by atoms with Gasteiger partial charge in [-0.2, -0.15) is 4.31 Å². The van der Waals surface area contributed by atoms with Crippen LogP contribution in [0.4, 0.5) is 0 Å². The fourth-order valence-corrected chi connectivity index (χ4v) is 4.36. The minimum Gasteiger partial charge on any atom is -0.211 e. The van der Waals surface area contributed by atoms with Crippen LogP contribution in [-0.4, -0.2) is 24.5 Å². The third-order valence-corrected chi connectivity index (χ3v) is 6.03. The highest BCUT2D eigenvalue weighted by molar-refractivity contribution is 7.90. The van der Waals surface area contributed by atoms with Crippen molar-refractivity contribution in [3.63, 3.8) is 0 Å². The summed E-state index contributed by atoms with van der Waals surface area (Å²) in [5.74, 6) is 0. The van der Waals surface area contributed by atoms with E-state index in [4.69, 9.17) is 11.6 Å². The van der Waals surface area contributed by atoms with Crippen molar-refractivity contribution in [3.05, 3.63) is 21.9 Å². The number of sulfonamides is 1. The lowest BCUT2D eigenvalue weighted by molar-refractivity contribution is 0.331. The van der Waals surface area contributed by atoms with E-state index in [1.807, 2.05) is 18.4 Å². The molecule has 1 aromatic heterocycles. The quantitative estimate of drug-likeness (QED) is 0.769. The van der Waals surface area contributed by atoms with E-state index in [0.717, 1.165) is 12.0 Å². The maximum absolute atomic E-state index is 11.7. The van der Waals surface area contributed by atoms with Crippen molar-refractivity contribution in [1.29, 1.82) is 0 Å². The molecule has 1 unspecified atom stereocenters. The first kappa shape index (κ1) is 11.4. The van der Waals surface area contributed by atoms with Gasteiger partial charge < -0.3 is 0 Å². The molecule has 3 nitrogen and oxygen atoms in total. The molecule has 0 spiro atoms. The van der Waals surface area contributed by atoms with Crippen molar-refractivity contribution in [2.45, 2.75) is 19.4 Å². The van der Waals surface area contributed by atoms with Crippen molar-refractivity contribution < 1.29 is 8.42 Å². The van der Waals surface area contributed by atoms with Crippen LogP contribution in [0.25, 0.3) is 0 Å². The Kier molecular flexibility index (Phi) is 3.07. The van der Waals surface area contributed by atoms with Gasteiger partial charge in [0, 0.05) is 17.5 Å². The molecule has 2 rings (SSSR count). The Bertz CT molecular complexity index is 454. The van der Waals surface area contributed by atoms with Crippen LogP contribution in [0.1, 0.15) is 23.4 Å². The highest BCUT2D eigenvalue weighted by Crippen LogP contribution is 2.34. The van der Waals surface area contributed by atoms with Gasteiger partial charge in [-0.1, -0.05) is 0 Å². The summed E-state index contributed by atoms with van der Waals surface area (Å²) in [7, 11) is -3.29. The number of hydrogen-bond donors (Lipinski definition) is 0. The molecular weight excluding hydrogens is 254 g/mol. The number of rotatable bonds is 2. The van der Waals surface area contributed by atoms with Crippen LogP contribution in [0.2, 0.25) is 0 Å². The average molecular weight is 266 g/mol. The number of nitrogens with zero attached hydrogens (tertiary/aromatic N) is 1. The molecule has 0 N–H and O–H groups in total. The predicted octanol–water partition coefficient (Wildman–Crippen LogP) is 2.19. The summed E-state index contributed by atoms with van der Waals surface area (Å²) in [4.78, 5) is 1.29. The van der Waals surface area contributed by atoms with Crippen molar-refractivity contribution in [1.82, 2.24) is 4.31 Å². The number of hydrogen-bond acceptors (Lipinski definition) is 3. The van der Waals surface area contributed by atoms with Crippen LogP contribution in [0.15, 0.2) is 11.4 Å². The molecule has 0 saturated heterocycles. The fraction of sp³-hybridized carbons (Fsp3) is 0.556. The van der Waals surface area contributed by atoms with Gasteiger partial charge in [-0.05, 0) is 30.4 Å². The Balaban J connectivity index is 2.35. The van der Waals surface area contributed by atoms with Crippen LogP contribution >= 0.6 is 22.9 Å². The minimum absolute atomic E-state index is 0.0799. The molecule has 2 heterocycles. The Morgan fingerprint density at radius 1 is 1.67 bits per heavy atom. The zero-order valence-corrected chi connectivity index (χ0v) is 10.7. The van der Waals surface area contributed by atoms with Crippen LogP contribution in [0.3, 0.4) is 0 Å². The molecule has 6 heteroatoms. The Morgan fingerprint density at radius 3 is 3.07 bits per heavy atom. The Morgan fingerprint density at radius 2 is 2.40 bits per heavy atom. The second-order valence-corrected chi connectivity index (χ2v) is 7.06. The molecule has 0 aromatic carbocycles. The van der Waals surface area contributed by atoms with E-state index in [0.29, 0.717) is 6.54 Å². The first-order valence-corrected chi connectivity index (χ1v) is 7.70. The zero-order valence-electron chi connectivity index (χ0n) is 8.31. The van der Waals surface area contributed by atoms with Crippen LogP contribution in [0, 0.1) is 0 Å². The van der Waals surface area contributed by atoms with Gasteiger partial charge in [0.15, 0.2) is 0 Å². The third kappa shape index (κ3) is 1.93. The lowest BCUT2D eigenvalue weighted by Gasteiger charge is -2.31. The topological polar surface area (TPSA) is 37.4 Å². The molecule has 1 atom stereocenters. The van der Waals surface area contributed by atoms with E-state index in [-0.39, 0.29) is 11.3 Å². The number of thiophene rings is 1. The zero-order chi connectivity index (χ0) is 11.1. The highest BCUT2D eigenvalue weighted by Gasteiger charge is 2.32. The van der Waals surface area contributed by atoms with Gasteiger partial charge in [0.1, 0.15) is 5.21 Å². The Labute approximate surface area is 98.7 Å². The van der Waals surface area contributed by atoms with Gasteiger partial charge >= 0.3 is 0 Å². The maximum Gasteiger partial charge on any atom is 0.228 e. The van der Waals surface area contributed by atoms with Gasteiger partial charge in [0.05, 0.1) is 0 Å². The van der Waals surface area contributed by atoms with Crippen LogP contribution < -0.4 is 0 Å². The lowest BCUT2D eigenvalue weighted by Crippen LogP contribution is -2.38. The summed E-state index contributed by atoms with van der Waals surface area (Å²) in [5, 5.41) is 1.68. The van der Waals surface area contributed by atoms with E-state index in [2.05, 4.69) is 0 Å². The van der Waals surface area contributed by atoms with Gasteiger partial charge in [-0.3, -0.25) is 0 Å². The SMILES string of the molecule is CC1c2ccsc2CCN1S(=O)(=O)CCl. The molecule has 1 aliphatic heterocycles. The van der Waals surface area contributed by atoms with E-state index in [1.165, 1.54) is 9.18 Å². The summed E-state index contributed by atoms with van der Waals surface area (Å²) in [6.45, 7) is 2.46.